The highest BCUT2D eigenvalue weighted by Gasteiger charge is 2.16. The molecule has 1 atom stereocenters. The number of aliphatic hydroxyl groups excluding tert-OH is 1. The van der Waals surface area contributed by atoms with Crippen LogP contribution in [-0.2, 0) is 11.2 Å². The Morgan fingerprint density at radius 1 is 1.12 bits per heavy atom. The summed E-state index contributed by atoms with van der Waals surface area (Å²) in [5, 5.41) is 13.1. The highest BCUT2D eigenvalue weighted by Crippen LogP contribution is 2.21. The van der Waals surface area contributed by atoms with E-state index in [1.54, 1.807) is 0 Å². The first-order valence-corrected chi connectivity index (χ1v) is 8.91. The summed E-state index contributed by atoms with van der Waals surface area (Å²) >= 11 is 0. The van der Waals surface area contributed by atoms with Gasteiger partial charge in [-0.25, -0.2) is 0 Å². The Hall–Kier alpha value is -2.33. The quantitative estimate of drug-likeness (QED) is 0.769. The number of amides is 1. The van der Waals surface area contributed by atoms with Crippen LogP contribution in [0.5, 0.6) is 0 Å². The van der Waals surface area contributed by atoms with Crippen LogP contribution in [0.4, 0.5) is 11.4 Å². The van der Waals surface area contributed by atoms with Gasteiger partial charge in [-0.1, -0.05) is 50.2 Å². The lowest BCUT2D eigenvalue weighted by molar-refractivity contribution is -0.115. The minimum Gasteiger partial charge on any atom is -0.391 e. The number of carbonyl (C=O) groups is 1. The van der Waals surface area contributed by atoms with E-state index in [0.29, 0.717) is 13.0 Å². The molecule has 1 unspecified atom stereocenters. The molecule has 0 aromatic heterocycles. The van der Waals surface area contributed by atoms with Gasteiger partial charge in [-0.05, 0) is 43.0 Å². The number of aryl methyl sites for hydroxylation is 2. The minimum atomic E-state index is -0.460. The predicted molar refractivity (Wildman–Crippen MR) is 104 cm³/mol. The highest BCUT2D eigenvalue weighted by atomic mass is 16.3. The molecule has 1 amide bonds. The van der Waals surface area contributed by atoms with Gasteiger partial charge >= 0.3 is 0 Å². The number of hydrogen-bond acceptors (Lipinski definition) is 3. The smallest absolute Gasteiger partial charge is 0.243 e. The number of nitrogens with one attached hydrogen (secondary N) is 1. The summed E-state index contributed by atoms with van der Waals surface area (Å²) in [5.41, 5.74) is 4.03. The third kappa shape index (κ3) is 5.33. The molecule has 0 fully saturated rings. The molecule has 2 N–H and O–H groups in total. The third-order valence-corrected chi connectivity index (χ3v) is 4.36. The van der Waals surface area contributed by atoms with Crippen LogP contribution in [0.2, 0.25) is 0 Å². The van der Waals surface area contributed by atoms with Crippen LogP contribution in [0.3, 0.4) is 0 Å². The monoisotopic (exact) mass is 340 g/mol. The van der Waals surface area contributed by atoms with E-state index < -0.39 is 6.10 Å². The second kappa shape index (κ2) is 9.23. The van der Waals surface area contributed by atoms with Gasteiger partial charge in [0.1, 0.15) is 0 Å². The van der Waals surface area contributed by atoms with Gasteiger partial charge in [-0.3, -0.25) is 4.79 Å². The topological polar surface area (TPSA) is 52.6 Å². The largest absolute Gasteiger partial charge is 0.391 e. The molecule has 134 valence electrons. The molecule has 4 nitrogen and oxygen atoms in total. The van der Waals surface area contributed by atoms with Crippen LogP contribution >= 0.6 is 0 Å². The van der Waals surface area contributed by atoms with Gasteiger partial charge < -0.3 is 15.3 Å². The van der Waals surface area contributed by atoms with Crippen LogP contribution in [0, 0.1) is 6.92 Å². The molecule has 0 heterocycles. The van der Waals surface area contributed by atoms with Gasteiger partial charge in [0.2, 0.25) is 5.91 Å². The van der Waals surface area contributed by atoms with E-state index in [1.165, 1.54) is 0 Å². The number of hydrogen-bond donors (Lipinski definition) is 2. The molecule has 0 aliphatic rings. The lowest BCUT2D eigenvalue weighted by atomic mass is 10.1. The van der Waals surface area contributed by atoms with Crippen molar-refractivity contribution in [2.45, 2.75) is 39.7 Å². The summed E-state index contributed by atoms with van der Waals surface area (Å²) in [7, 11) is 0. The van der Waals surface area contributed by atoms with Crippen molar-refractivity contribution >= 4 is 17.3 Å². The molecule has 4 heteroatoms. The van der Waals surface area contributed by atoms with Gasteiger partial charge in [0.15, 0.2) is 0 Å². The summed E-state index contributed by atoms with van der Waals surface area (Å²) in [5.74, 6) is -0.0730. The van der Waals surface area contributed by atoms with E-state index in [0.717, 1.165) is 28.9 Å². The number of aliphatic hydroxyl groups is 1. The van der Waals surface area contributed by atoms with Crippen molar-refractivity contribution < 1.29 is 9.90 Å². The summed E-state index contributed by atoms with van der Waals surface area (Å²) in [6.45, 7) is 6.67. The zero-order valence-electron chi connectivity index (χ0n) is 15.3. The van der Waals surface area contributed by atoms with Gasteiger partial charge in [0, 0.05) is 17.9 Å². The number of carbonyl (C=O) groups excluding carboxylic acids is 1. The first-order valence-electron chi connectivity index (χ1n) is 8.91. The van der Waals surface area contributed by atoms with Crippen molar-refractivity contribution in [3.63, 3.8) is 0 Å². The fraction of sp³-hybridized carbons (Fsp3) is 0.381. The molecule has 0 saturated heterocycles. The molecule has 0 spiro atoms. The summed E-state index contributed by atoms with van der Waals surface area (Å²) in [6, 6.07) is 15.8. The van der Waals surface area contributed by atoms with Crippen LogP contribution < -0.4 is 10.2 Å². The number of benzene rings is 2. The van der Waals surface area contributed by atoms with Crippen molar-refractivity contribution in [1.29, 1.82) is 0 Å². The molecule has 0 saturated carbocycles. The van der Waals surface area contributed by atoms with Crippen molar-refractivity contribution in [3.8, 4) is 0 Å². The molecule has 0 radical (unpaired) electrons. The Morgan fingerprint density at radius 3 is 2.48 bits per heavy atom. The Balaban J connectivity index is 2.14. The fourth-order valence-corrected chi connectivity index (χ4v) is 2.84. The number of anilines is 2. The summed E-state index contributed by atoms with van der Waals surface area (Å²) in [4.78, 5) is 14.6. The predicted octanol–water partition coefficient (Wildman–Crippen LogP) is 3.77. The molecule has 2 aromatic carbocycles. The Bertz CT molecular complexity index is 686. The average molecular weight is 340 g/mol. The second-order valence-electron chi connectivity index (χ2n) is 6.29. The summed E-state index contributed by atoms with van der Waals surface area (Å²) in [6.07, 6.45) is 1.06. The average Bonchev–Trinajstić information content (AvgIpc) is 2.63. The third-order valence-electron chi connectivity index (χ3n) is 4.36. The normalized spacial score (nSPS) is 11.8. The first-order chi connectivity index (χ1) is 12.0. The van der Waals surface area contributed by atoms with Crippen molar-refractivity contribution in [3.05, 3.63) is 59.7 Å². The number of para-hydroxylation sites is 2. The highest BCUT2D eigenvalue weighted by molar-refractivity contribution is 5.95. The molecular weight excluding hydrogens is 312 g/mol. The van der Waals surface area contributed by atoms with Crippen molar-refractivity contribution in [1.82, 2.24) is 0 Å². The van der Waals surface area contributed by atoms with Gasteiger partial charge in [-0.15, -0.1) is 0 Å². The van der Waals surface area contributed by atoms with Gasteiger partial charge in [-0.2, -0.15) is 0 Å². The van der Waals surface area contributed by atoms with Crippen LogP contribution in [0.25, 0.3) is 0 Å². The van der Waals surface area contributed by atoms with Crippen LogP contribution in [0.15, 0.2) is 48.5 Å². The maximum atomic E-state index is 12.7. The number of rotatable bonds is 8. The van der Waals surface area contributed by atoms with E-state index >= 15 is 0 Å². The minimum absolute atomic E-state index is 0.0730. The van der Waals surface area contributed by atoms with E-state index in [-0.39, 0.29) is 12.5 Å². The maximum Gasteiger partial charge on any atom is 0.243 e. The molecule has 0 aliphatic heterocycles. The molecular formula is C21H28N2O2. The standard InChI is InChI=1S/C21H28N2O2/c1-4-17-11-9-10-16(3)21(17)22-20(25)15-23(14-19(24)5-2)18-12-7-6-8-13-18/h6-13,19,24H,4-5,14-15H2,1-3H3,(H,22,25). The van der Waals surface area contributed by atoms with Crippen LogP contribution in [0.1, 0.15) is 31.4 Å². The van der Waals surface area contributed by atoms with E-state index in [2.05, 4.69) is 12.2 Å². The van der Waals surface area contributed by atoms with Crippen molar-refractivity contribution in [2.24, 2.45) is 0 Å². The fourth-order valence-electron chi connectivity index (χ4n) is 2.84. The SMILES string of the molecule is CCc1cccc(C)c1NC(=O)CN(CC(O)CC)c1ccccc1. The van der Waals surface area contributed by atoms with Crippen molar-refractivity contribution in [2.75, 3.05) is 23.3 Å². The number of nitrogens with zero attached hydrogens (tertiary/aromatic N) is 1. The molecule has 2 aromatic rings. The second-order valence-corrected chi connectivity index (χ2v) is 6.29. The lowest BCUT2D eigenvalue weighted by Gasteiger charge is -2.27. The van der Waals surface area contributed by atoms with E-state index in [4.69, 9.17) is 0 Å². The summed E-state index contributed by atoms with van der Waals surface area (Å²) < 4.78 is 0. The van der Waals surface area contributed by atoms with Crippen LogP contribution in [-0.4, -0.2) is 30.2 Å². The van der Waals surface area contributed by atoms with Gasteiger partial charge in [0.05, 0.1) is 12.6 Å². The van der Waals surface area contributed by atoms with E-state index in [1.807, 2.05) is 67.3 Å². The molecule has 25 heavy (non-hydrogen) atoms. The lowest BCUT2D eigenvalue weighted by Crippen LogP contribution is -2.38. The van der Waals surface area contributed by atoms with Gasteiger partial charge in [0.25, 0.3) is 0 Å². The molecule has 0 bridgehead atoms. The maximum absolute atomic E-state index is 12.7. The molecule has 0 aliphatic carbocycles. The Morgan fingerprint density at radius 2 is 1.84 bits per heavy atom. The zero-order chi connectivity index (χ0) is 18.2. The molecule has 2 rings (SSSR count). The first kappa shape index (κ1) is 19.0. The zero-order valence-corrected chi connectivity index (χ0v) is 15.3. The van der Waals surface area contributed by atoms with E-state index in [9.17, 15) is 9.90 Å². The Labute approximate surface area is 150 Å². The Kier molecular flexibility index (Phi) is 7.02.